The molecule has 0 unspecified atom stereocenters. The van der Waals surface area contributed by atoms with Crippen molar-refractivity contribution in [3.8, 4) is 0 Å². The second-order valence-corrected chi connectivity index (χ2v) is 6.83. The number of nitrogens with zero attached hydrogens (tertiary/aromatic N) is 2. The Morgan fingerprint density at radius 1 is 1.07 bits per heavy atom. The van der Waals surface area contributed by atoms with Crippen LogP contribution < -0.4 is 10.6 Å². The van der Waals surface area contributed by atoms with Gasteiger partial charge >= 0.3 is 6.03 Å². The highest BCUT2D eigenvalue weighted by atomic mass is 16.2. The molecule has 142 valence electrons. The third-order valence-corrected chi connectivity index (χ3v) is 4.88. The zero-order valence-electron chi connectivity index (χ0n) is 15.4. The first-order chi connectivity index (χ1) is 13.5. The fraction of sp³-hybridized carbons (Fsp3) is 0.190. The minimum Gasteiger partial charge on any atom is -0.350 e. The summed E-state index contributed by atoms with van der Waals surface area (Å²) in [4.78, 5) is 38.4. The molecule has 0 radical (unpaired) electrons. The summed E-state index contributed by atoms with van der Waals surface area (Å²) in [6, 6.07) is 15.5. The number of amides is 4. The number of anilines is 1. The molecule has 1 fully saturated rings. The van der Waals surface area contributed by atoms with Gasteiger partial charge in [-0.3, -0.25) is 14.5 Å². The van der Waals surface area contributed by atoms with Crippen LogP contribution in [0.4, 0.5) is 10.5 Å². The summed E-state index contributed by atoms with van der Waals surface area (Å²) < 4.78 is 1.97. The molecular weight excluding hydrogens is 356 g/mol. The van der Waals surface area contributed by atoms with Crippen molar-refractivity contribution in [3.05, 3.63) is 66.4 Å². The first-order valence-electron chi connectivity index (χ1n) is 9.02. The number of rotatable bonds is 5. The SMILES string of the molecule is Cn1ccc2c(NC(=O)C[C@H]3NC(=O)N(Cc4ccccc4)C3=O)cccc21. The van der Waals surface area contributed by atoms with E-state index in [9.17, 15) is 14.4 Å². The smallest absolute Gasteiger partial charge is 0.325 e. The van der Waals surface area contributed by atoms with Gasteiger partial charge in [-0.05, 0) is 23.8 Å². The Hall–Kier alpha value is -3.61. The van der Waals surface area contributed by atoms with E-state index in [2.05, 4.69) is 10.6 Å². The molecule has 3 aromatic rings. The number of hydrogen-bond donors (Lipinski definition) is 2. The lowest BCUT2D eigenvalue weighted by Gasteiger charge is -2.13. The van der Waals surface area contributed by atoms with E-state index in [4.69, 9.17) is 0 Å². The molecule has 1 saturated heterocycles. The number of benzene rings is 2. The third-order valence-electron chi connectivity index (χ3n) is 4.88. The lowest BCUT2D eigenvalue weighted by Crippen LogP contribution is -2.34. The number of nitrogens with one attached hydrogen (secondary N) is 2. The monoisotopic (exact) mass is 376 g/mol. The van der Waals surface area contributed by atoms with Crippen LogP contribution in [0.15, 0.2) is 60.8 Å². The molecule has 0 bridgehead atoms. The third kappa shape index (κ3) is 3.34. The highest BCUT2D eigenvalue weighted by molar-refractivity contribution is 6.08. The molecule has 28 heavy (non-hydrogen) atoms. The van der Waals surface area contributed by atoms with Crippen LogP contribution in [0.3, 0.4) is 0 Å². The molecule has 1 aliphatic heterocycles. The molecule has 7 nitrogen and oxygen atoms in total. The van der Waals surface area contributed by atoms with Gasteiger partial charge in [-0.25, -0.2) is 4.79 Å². The average molecular weight is 376 g/mol. The van der Waals surface area contributed by atoms with E-state index >= 15 is 0 Å². The van der Waals surface area contributed by atoms with Gasteiger partial charge in [0.15, 0.2) is 0 Å². The van der Waals surface area contributed by atoms with Crippen molar-refractivity contribution in [1.29, 1.82) is 0 Å². The van der Waals surface area contributed by atoms with E-state index in [0.717, 1.165) is 21.4 Å². The van der Waals surface area contributed by atoms with Crippen LogP contribution in [0.25, 0.3) is 10.9 Å². The summed E-state index contributed by atoms with van der Waals surface area (Å²) in [5.74, 6) is -0.710. The maximum absolute atomic E-state index is 12.6. The number of carbonyl (C=O) groups is 3. The van der Waals surface area contributed by atoms with Crippen molar-refractivity contribution in [1.82, 2.24) is 14.8 Å². The quantitative estimate of drug-likeness (QED) is 0.672. The van der Waals surface area contributed by atoms with Crippen LogP contribution in [-0.4, -0.2) is 33.4 Å². The van der Waals surface area contributed by atoms with Gasteiger partial charge in [-0.15, -0.1) is 0 Å². The molecule has 0 saturated carbocycles. The Labute approximate surface area is 161 Å². The summed E-state index contributed by atoms with van der Waals surface area (Å²) in [5.41, 5.74) is 2.53. The lowest BCUT2D eigenvalue weighted by atomic mass is 10.1. The number of imide groups is 1. The normalized spacial score (nSPS) is 16.5. The lowest BCUT2D eigenvalue weighted by molar-refractivity contribution is -0.130. The maximum Gasteiger partial charge on any atom is 0.325 e. The minimum absolute atomic E-state index is 0.112. The van der Waals surface area contributed by atoms with E-state index in [1.807, 2.05) is 72.4 Å². The van der Waals surface area contributed by atoms with Gasteiger partial charge in [0, 0.05) is 24.1 Å². The van der Waals surface area contributed by atoms with Gasteiger partial charge in [0.2, 0.25) is 5.91 Å². The van der Waals surface area contributed by atoms with E-state index in [0.29, 0.717) is 5.69 Å². The van der Waals surface area contributed by atoms with E-state index in [-0.39, 0.29) is 24.8 Å². The molecular formula is C21H20N4O3. The summed E-state index contributed by atoms with van der Waals surface area (Å²) in [6.07, 6.45) is 1.81. The molecule has 4 amide bonds. The summed E-state index contributed by atoms with van der Waals surface area (Å²) >= 11 is 0. The molecule has 2 heterocycles. The molecule has 0 aliphatic carbocycles. The zero-order chi connectivity index (χ0) is 19.7. The number of urea groups is 1. The average Bonchev–Trinajstić information content (AvgIpc) is 3.19. The van der Waals surface area contributed by atoms with Gasteiger partial charge in [-0.2, -0.15) is 0 Å². The topological polar surface area (TPSA) is 83.4 Å². The highest BCUT2D eigenvalue weighted by Gasteiger charge is 2.39. The molecule has 1 atom stereocenters. The summed E-state index contributed by atoms with van der Waals surface area (Å²) in [7, 11) is 1.93. The number of hydrogen-bond acceptors (Lipinski definition) is 3. The predicted octanol–water partition coefficient (Wildman–Crippen LogP) is 2.63. The second-order valence-electron chi connectivity index (χ2n) is 6.83. The molecule has 1 aliphatic rings. The minimum atomic E-state index is -0.855. The van der Waals surface area contributed by atoms with Gasteiger partial charge in [0.05, 0.1) is 18.7 Å². The van der Waals surface area contributed by atoms with Crippen molar-refractivity contribution >= 4 is 34.4 Å². The van der Waals surface area contributed by atoms with E-state index in [1.165, 1.54) is 0 Å². The van der Waals surface area contributed by atoms with Crippen molar-refractivity contribution < 1.29 is 14.4 Å². The van der Waals surface area contributed by atoms with Crippen LogP contribution in [0, 0.1) is 0 Å². The van der Waals surface area contributed by atoms with Gasteiger partial charge in [-0.1, -0.05) is 36.4 Å². The van der Waals surface area contributed by atoms with Gasteiger partial charge in [0.25, 0.3) is 5.91 Å². The van der Waals surface area contributed by atoms with Crippen LogP contribution in [0.1, 0.15) is 12.0 Å². The van der Waals surface area contributed by atoms with Gasteiger partial charge < -0.3 is 15.2 Å². The maximum atomic E-state index is 12.6. The van der Waals surface area contributed by atoms with E-state index in [1.54, 1.807) is 0 Å². The second kappa shape index (κ2) is 7.19. The molecule has 7 heteroatoms. The molecule has 1 aromatic heterocycles. The molecule has 2 N–H and O–H groups in total. The van der Waals surface area contributed by atoms with Crippen molar-refractivity contribution in [2.45, 2.75) is 19.0 Å². The molecule has 4 rings (SSSR count). The summed E-state index contributed by atoms with van der Waals surface area (Å²) in [5, 5.41) is 6.38. The Kier molecular flexibility index (Phi) is 4.57. The van der Waals surface area contributed by atoms with Crippen LogP contribution >= 0.6 is 0 Å². The zero-order valence-corrected chi connectivity index (χ0v) is 15.4. The van der Waals surface area contributed by atoms with Crippen molar-refractivity contribution in [2.24, 2.45) is 7.05 Å². The first-order valence-corrected chi connectivity index (χ1v) is 9.02. The summed E-state index contributed by atoms with van der Waals surface area (Å²) in [6.45, 7) is 0.187. The van der Waals surface area contributed by atoms with Crippen LogP contribution in [0.2, 0.25) is 0 Å². The highest BCUT2D eigenvalue weighted by Crippen LogP contribution is 2.24. The predicted molar refractivity (Wildman–Crippen MR) is 105 cm³/mol. The number of aryl methyl sites for hydroxylation is 1. The fourth-order valence-corrected chi connectivity index (χ4v) is 3.43. The number of aromatic nitrogens is 1. The standard InChI is InChI=1S/C21H20N4O3/c1-24-11-10-15-16(8-5-9-18(15)24)22-19(26)12-17-20(27)25(21(28)23-17)13-14-6-3-2-4-7-14/h2-11,17H,12-13H2,1H3,(H,22,26)(H,23,28)/t17-/m1/s1. The Bertz CT molecular complexity index is 1060. The van der Waals surface area contributed by atoms with Crippen LogP contribution in [0.5, 0.6) is 0 Å². The van der Waals surface area contributed by atoms with Crippen molar-refractivity contribution in [2.75, 3.05) is 5.32 Å². The van der Waals surface area contributed by atoms with E-state index < -0.39 is 12.1 Å². The molecule has 0 spiro atoms. The first kappa shape index (κ1) is 17.8. The Morgan fingerprint density at radius 3 is 2.64 bits per heavy atom. The Morgan fingerprint density at radius 2 is 1.86 bits per heavy atom. The molecule has 2 aromatic carbocycles. The largest absolute Gasteiger partial charge is 0.350 e. The Balaban J connectivity index is 1.43. The fourth-order valence-electron chi connectivity index (χ4n) is 3.43. The number of carbonyl (C=O) groups excluding carboxylic acids is 3. The van der Waals surface area contributed by atoms with Crippen LogP contribution in [-0.2, 0) is 23.2 Å². The van der Waals surface area contributed by atoms with Gasteiger partial charge in [0.1, 0.15) is 6.04 Å². The van der Waals surface area contributed by atoms with Crippen molar-refractivity contribution in [3.63, 3.8) is 0 Å². The number of fused-ring (bicyclic) bond motifs is 1.